The summed E-state index contributed by atoms with van der Waals surface area (Å²) in [6, 6.07) is 25.8. The van der Waals surface area contributed by atoms with E-state index in [-0.39, 0.29) is 12.0 Å². The second-order valence-corrected chi connectivity index (χ2v) is 7.49. The zero-order chi connectivity index (χ0) is 22.8. The summed E-state index contributed by atoms with van der Waals surface area (Å²) in [7, 11) is 0. The van der Waals surface area contributed by atoms with E-state index < -0.39 is 0 Å². The minimum Gasteiger partial charge on any atom is -0.507 e. The monoisotopic (exact) mass is 426 g/mol. The van der Waals surface area contributed by atoms with Gasteiger partial charge in [0.25, 0.3) is 0 Å². The normalized spacial score (nSPS) is 13.3. The Morgan fingerprint density at radius 2 is 1.47 bits per heavy atom. The minimum absolute atomic E-state index is 0.199. The molecule has 0 radical (unpaired) electrons. The van der Waals surface area contributed by atoms with E-state index >= 15 is 0 Å². The Kier molecular flexibility index (Phi) is 8.47. The molecule has 0 amide bonds. The van der Waals surface area contributed by atoms with Crippen molar-refractivity contribution in [2.45, 2.75) is 27.1 Å². The summed E-state index contributed by atoms with van der Waals surface area (Å²) in [6.45, 7) is 6.48. The predicted octanol–water partition coefficient (Wildman–Crippen LogP) is 7.45. The topological polar surface area (TPSA) is 38.7 Å². The first-order chi connectivity index (χ1) is 15.5. The highest BCUT2D eigenvalue weighted by Crippen LogP contribution is 2.21. The van der Waals surface area contributed by atoms with Gasteiger partial charge in [-0.25, -0.2) is 0 Å². The molecule has 1 unspecified atom stereocenters. The Balaban J connectivity index is 1.88. The van der Waals surface area contributed by atoms with Gasteiger partial charge in [-0.15, -0.1) is 0 Å². The molecule has 0 aromatic heterocycles. The molecule has 3 heteroatoms. The first kappa shape index (κ1) is 23.1. The van der Waals surface area contributed by atoms with Crippen LogP contribution in [0.3, 0.4) is 0 Å². The van der Waals surface area contributed by atoms with E-state index in [1.807, 2.05) is 86.7 Å². The van der Waals surface area contributed by atoms with Crippen molar-refractivity contribution in [1.29, 1.82) is 0 Å². The third kappa shape index (κ3) is 7.29. The van der Waals surface area contributed by atoms with E-state index in [4.69, 9.17) is 9.47 Å². The second kappa shape index (κ2) is 11.7. The predicted molar refractivity (Wildman–Crippen MR) is 133 cm³/mol. The van der Waals surface area contributed by atoms with Crippen LogP contribution in [0.2, 0.25) is 0 Å². The molecule has 3 nitrogen and oxygen atoms in total. The van der Waals surface area contributed by atoms with Crippen LogP contribution in [0.15, 0.2) is 96.3 Å². The molecule has 0 aliphatic heterocycles. The Morgan fingerprint density at radius 1 is 0.844 bits per heavy atom. The average Bonchev–Trinajstić information content (AvgIpc) is 2.79. The van der Waals surface area contributed by atoms with Gasteiger partial charge in [0.05, 0.1) is 0 Å². The molecule has 0 aliphatic carbocycles. The van der Waals surface area contributed by atoms with Gasteiger partial charge in [-0.2, -0.15) is 0 Å². The molecule has 1 N–H and O–H groups in total. The molecule has 0 aliphatic rings. The van der Waals surface area contributed by atoms with Crippen LogP contribution < -0.4 is 4.74 Å². The van der Waals surface area contributed by atoms with Crippen LogP contribution in [-0.4, -0.2) is 18.0 Å². The second-order valence-electron chi connectivity index (χ2n) is 7.49. The van der Waals surface area contributed by atoms with E-state index in [1.54, 1.807) is 6.08 Å². The van der Waals surface area contributed by atoms with Crippen molar-refractivity contribution in [2.24, 2.45) is 0 Å². The summed E-state index contributed by atoms with van der Waals surface area (Å²) in [5.41, 5.74) is 4.89. The largest absolute Gasteiger partial charge is 0.507 e. The van der Waals surface area contributed by atoms with Gasteiger partial charge in [0, 0.05) is 12.2 Å². The van der Waals surface area contributed by atoms with Crippen molar-refractivity contribution in [1.82, 2.24) is 0 Å². The van der Waals surface area contributed by atoms with Gasteiger partial charge in [0.15, 0.2) is 6.29 Å². The lowest BCUT2D eigenvalue weighted by molar-refractivity contribution is -0.0613. The standard InChI is InChI=1S/C29H30O3/c1-4-31-23(3)32-28-18-15-26(16-19-28)20-27(17-14-24-12-10-22(2)11-13-24)29(30)21-25-8-6-5-7-9-25/h5-21,23,30H,4H2,1-3H3. The van der Waals surface area contributed by atoms with Gasteiger partial charge in [-0.1, -0.05) is 84.4 Å². The van der Waals surface area contributed by atoms with Crippen LogP contribution in [0.5, 0.6) is 5.75 Å². The number of rotatable bonds is 9. The van der Waals surface area contributed by atoms with Crippen molar-refractivity contribution in [3.63, 3.8) is 0 Å². The minimum atomic E-state index is -0.299. The quantitative estimate of drug-likeness (QED) is 0.219. The molecule has 0 spiro atoms. The fraction of sp³-hybridized carbons (Fsp3) is 0.172. The van der Waals surface area contributed by atoms with Crippen molar-refractivity contribution >= 4 is 18.2 Å². The third-order valence-electron chi connectivity index (χ3n) is 4.84. The molecule has 3 rings (SSSR count). The molecule has 3 aromatic rings. The fourth-order valence-electron chi connectivity index (χ4n) is 3.14. The van der Waals surface area contributed by atoms with Gasteiger partial charge in [-0.05, 0) is 61.7 Å². The number of allylic oxidation sites excluding steroid dienone is 1. The highest BCUT2D eigenvalue weighted by molar-refractivity contribution is 5.70. The molecule has 0 heterocycles. The molecular formula is C29H30O3. The van der Waals surface area contributed by atoms with Crippen molar-refractivity contribution in [3.8, 4) is 5.75 Å². The van der Waals surface area contributed by atoms with Crippen LogP contribution in [0.25, 0.3) is 18.2 Å². The van der Waals surface area contributed by atoms with Gasteiger partial charge in [-0.3, -0.25) is 0 Å². The van der Waals surface area contributed by atoms with E-state index in [0.29, 0.717) is 12.2 Å². The SMILES string of the molecule is CCOC(C)Oc1ccc(C=C(C=Cc2ccc(C)cc2)C(O)=Cc2ccccc2)cc1. The zero-order valence-electron chi connectivity index (χ0n) is 18.9. The Hall–Kier alpha value is -3.56. The molecule has 0 saturated heterocycles. The van der Waals surface area contributed by atoms with E-state index in [1.165, 1.54) is 5.56 Å². The van der Waals surface area contributed by atoms with E-state index in [9.17, 15) is 5.11 Å². The summed E-state index contributed by atoms with van der Waals surface area (Å²) < 4.78 is 11.2. The summed E-state index contributed by atoms with van der Waals surface area (Å²) in [5.74, 6) is 0.939. The highest BCUT2D eigenvalue weighted by atomic mass is 16.7. The maximum Gasteiger partial charge on any atom is 0.196 e. The highest BCUT2D eigenvalue weighted by Gasteiger charge is 2.05. The van der Waals surface area contributed by atoms with E-state index in [2.05, 4.69) is 31.2 Å². The summed E-state index contributed by atoms with van der Waals surface area (Å²) in [4.78, 5) is 0. The molecule has 0 bridgehead atoms. The van der Waals surface area contributed by atoms with Crippen LogP contribution in [0, 0.1) is 6.92 Å². The number of ether oxygens (including phenoxy) is 2. The zero-order valence-corrected chi connectivity index (χ0v) is 18.9. The van der Waals surface area contributed by atoms with Crippen molar-refractivity contribution < 1.29 is 14.6 Å². The lowest BCUT2D eigenvalue weighted by Gasteiger charge is -2.14. The molecule has 164 valence electrons. The number of aliphatic hydroxyl groups excluding tert-OH is 1. The van der Waals surface area contributed by atoms with Gasteiger partial charge >= 0.3 is 0 Å². The molecule has 32 heavy (non-hydrogen) atoms. The van der Waals surface area contributed by atoms with Crippen molar-refractivity contribution in [3.05, 3.63) is 119 Å². The Labute approximate surface area is 191 Å². The lowest BCUT2D eigenvalue weighted by atomic mass is 10.0. The fourth-order valence-corrected chi connectivity index (χ4v) is 3.14. The molecule has 0 fully saturated rings. The van der Waals surface area contributed by atoms with Crippen LogP contribution in [0.1, 0.15) is 36.1 Å². The Morgan fingerprint density at radius 3 is 2.12 bits per heavy atom. The molecule has 1 atom stereocenters. The van der Waals surface area contributed by atoms with Gasteiger partial charge in [0.1, 0.15) is 11.5 Å². The number of benzene rings is 3. The molecule has 0 saturated carbocycles. The third-order valence-corrected chi connectivity index (χ3v) is 4.84. The molecule has 3 aromatic carbocycles. The first-order valence-electron chi connectivity index (χ1n) is 10.8. The van der Waals surface area contributed by atoms with Crippen LogP contribution in [-0.2, 0) is 4.74 Å². The maximum absolute atomic E-state index is 10.9. The number of hydrogen-bond acceptors (Lipinski definition) is 3. The summed E-state index contributed by atoms with van der Waals surface area (Å²) >= 11 is 0. The summed E-state index contributed by atoms with van der Waals surface area (Å²) in [6.07, 6.45) is 7.36. The molecular weight excluding hydrogens is 396 g/mol. The summed E-state index contributed by atoms with van der Waals surface area (Å²) in [5, 5.41) is 10.9. The number of aliphatic hydroxyl groups is 1. The smallest absolute Gasteiger partial charge is 0.196 e. The number of aryl methyl sites for hydroxylation is 1. The number of hydrogen-bond donors (Lipinski definition) is 1. The maximum atomic E-state index is 10.9. The van der Waals surface area contributed by atoms with Crippen LogP contribution >= 0.6 is 0 Å². The van der Waals surface area contributed by atoms with E-state index in [0.717, 1.165) is 22.4 Å². The first-order valence-corrected chi connectivity index (χ1v) is 10.8. The van der Waals surface area contributed by atoms with Crippen LogP contribution in [0.4, 0.5) is 0 Å². The van der Waals surface area contributed by atoms with Gasteiger partial charge in [0.2, 0.25) is 0 Å². The Bertz CT molecular complexity index is 1060. The lowest BCUT2D eigenvalue weighted by Crippen LogP contribution is -2.15. The van der Waals surface area contributed by atoms with Crippen molar-refractivity contribution in [2.75, 3.05) is 6.61 Å². The van der Waals surface area contributed by atoms with Gasteiger partial charge < -0.3 is 14.6 Å². The average molecular weight is 427 g/mol.